The van der Waals surface area contributed by atoms with Crippen LogP contribution in [0.3, 0.4) is 0 Å². The number of likely N-dealkylation sites (N-methyl/N-ethyl adjacent to an activating group) is 1. The highest BCUT2D eigenvalue weighted by molar-refractivity contribution is 7.99. The Hall–Kier alpha value is -1.44. The number of aliphatic carboxylic acids is 1. The van der Waals surface area contributed by atoms with Gasteiger partial charge in [0.1, 0.15) is 12.1 Å². The van der Waals surface area contributed by atoms with E-state index in [2.05, 4.69) is 5.32 Å². The highest BCUT2D eigenvalue weighted by Crippen LogP contribution is 2.20. The van der Waals surface area contributed by atoms with Crippen molar-refractivity contribution in [3.05, 3.63) is 0 Å². The van der Waals surface area contributed by atoms with Crippen molar-refractivity contribution in [2.45, 2.75) is 19.0 Å². The summed E-state index contributed by atoms with van der Waals surface area (Å²) in [6.45, 7) is 1.57. The minimum Gasteiger partial charge on any atom is -0.480 e. The van der Waals surface area contributed by atoms with Gasteiger partial charge in [-0.25, -0.2) is 9.59 Å². The summed E-state index contributed by atoms with van der Waals surface area (Å²) in [7, 11) is 3.19. The highest BCUT2D eigenvalue weighted by atomic mass is 32.2. The molecule has 2 N–H and O–H groups in total. The molecule has 0 radical (unpaired) electrons. The average Bonchev–Trinajstić information content (AvgIpc) is 2.76. The van der Waals surface area contributed by atoms with E-state index in [0.29, 0.717) is 11.6 Å². The van der Waals surface area contributed by atoms with Crippen molar-refractivity contribution >= 4 is 29.7 Å². The molecular weight excluding hydrogens is 258 g/mol. The van der Waals surface area contributed by atoms with Crippen LogP contribution < -0.4 is 5.32 Å². The molecule has 1 saturated heterocycles. The fourth-order valence-corrected chi connectivity index (χ4v) is 2.71. The summed E-state index contributed by atoms with van der Waals surface area (Å²) in [5.41, 5.74) is 0. The molecule has 8 heteroatoms. The van der Waals surface area contributed by atoms with E-state index in [1.165, 1.54) is 21.6 Å². The van der Waals surface area contributed by atoms with Crippen molar-refractivity contribution in [1.29, 1.82) is 0 Å². The van der Waals surface area contributed by atoms with E-state index in [-0.39, 0.29) is 5.91 Å². The summed E-state index contributed by atoms with van der Waals surface area (Å²) in [5.74, 6) is -0.562. The predicted molar refractivity (Wildman–Crippen MR) is 67.3 cm³/mol. The quantitative estimate of drug-likeness (QED) is 0.733. The highest BCUT2D eigenvalue weighted by Gasteiger charge is 2.35. The summed E-state index contributed by atoms with van der Waals surface area (Å²) >= 11 is 1.38. The summed E-state index contributed by atoms with van der Waals surface area (Å²) in [4.78, 5) is 37.0. The molecule has 1 aliphatic rings. The number of rotatable bonds is 3. The molecule has 102 valence electrons. The molecule has 0 spiro atoms. The lowest BCUT2D eigenvalue weighted by atomic mass is 10.3. The van der Waals surface area contributed by atoms with Crippen LogP contribution in [0.5, 0.6) is 0 Å². The van der Waals surface area contributed by atoms with E-state index in [0.717, 1.165) is 0 Å². The second-order valence-corrected chi connectivity index (χ2v) is 5.23. The van der Waals surface area contributed by atoms with Crippen molar-refractivity contribution in [3.63, 3.8) is 0 Å². The summed E-state index contributed by atoms with van der Waals surface area (Å²) < 4.78 is 0. The van der Waals surface area contributed by atoms with Gasteiger partial charge >= 0.3 is 12.0 Å². The van der Waals surface area contributed by atoms with Crippen LogP contribution in [0, 0.1) is 0 Å². The Balaban J connectivity index is 2.60. The van der Waals surface area contributed by atoms with Crippen molar-refractivity contribution < 1.29 is 19.5 Å². The van der Waals surface area contributed by atoms with Crippen LogP contribution in [0.4, 0.5) is 4.79 Å². The molecule has 0 aromatic heterocycles. The van der Waals surface area contributed by atoms with Crippen molar-refractivity contribution in [2.75, 3.05) is 25.7 Å². The molecule has 1 rings (SSSR count). The van der Waals surface area contributed by atoms with E-state index in [1.807, 2.05) is 0 Å². The Labute approximate surface area is 109 Å². The van der Waals surface area contributed by atoms with Crippen molar-refractivity contribution in [2.24, 2.45) is 0 Å². The molecule has 7 nitrogen and oxygen atoms in total. The van der Waals surface area contributed by atoms with Crippen LogP contribution in [-0.2, 0) is 9.59 Å². The first-order chi connectivity index (χ1) is 8.34. The standard InChI is InChI=1S/C10H17N3O4S/c1-6(8(14)12(2)3)11-10(17)13-5-18-4-7(13)9(15)16/h6-7H,4-5H2,1-3H3,(H,11,17)(H,15,16)/t6?,7-/m0/s1. The van der Waals surface area contributed by atoms with E-state index in [4.69, 9.17) is 5.11 Å². The zero-order valence-electron chi connectivity index (χ0n) is 10.5. The zero-order valence-corrected chi connectivity index (χ0v) is 11.4. The third-order valence-electron chi connectivity index (χ3n) is 2.58. The Morgan fingerprint density at radius 1 is 1.44 bits per heavy atom. The molecular formula is C10H17N3O4S. The number of urea groups is 1. The normalized spacial score (nSPS) is 20.4. The topological polar surface area (TPSA) is 90.0 Å². The Bertz CT molecular complexity index is 361. The first-order valence-corrected chi connectivity index (χ1v) is 6.59. The van der Waals surface area contributed by atoms with E-state index >= 15 is 0 Å². The van der Waals surface area contributed by atoms with Gasteiger partial charge in [-0.2, -0.15) is 0 Å². The van der Waals surface area contributed by atoms with Crippen LogP contribution in [0.2, 0.25) is 0 Å². The SMILES string of the molecule is CC(NC(=O)N1CSC[C@H]1C(=O)O)C(=O)N(C)C. The van der Waals surface area contributed by atoms with E-state index in [9.17, 15) is 14.4 Å². The third-order valence-corrected chi connectivity index (χ3v) is 3.59. The number of hydrogen-bond acceptors (Lipinski definition) is 4. The van der Waals surface area contributed by atoms with E-state index in [1.54, 1.807) is 21.0 Å². The van der Waals surface area contributed by atoms with Gasteiger partial charge in [0.25, 0.3) is 0 Å². The minimum atomic E-state index is -1.03. The molecule has 0 aromatic carbocycles. The molecule has 0 bridgehead atoms. The van der Waals surface area contributed by atoms with Gasteiger partial charge < -0.3 is 20.2 Å². The van der Waals surface area contributed by atoms with Crippen LogP contribution in [0.15, 0.2) is 0 Å². The second-order valence-electron chi connectivity index (χ2n) is 4.23. The number of amides is 3. The molecule has 3 amide bonds. The first-order valence-electron chi connectivity index (χ1n) is 5.43. The maximum absolute atomic E-state index is 11.9. The Morgan fingerprint density at radius 2 is 2.06 bits per heavy atom. The summed E-state index contributed by atoms with van der Waals surface area (Å²) in [6, 6.07) is -2.01. The van der Waals surface area contributed by atoms with Gasteiger partial charge in [0.05, 0.1) is 5.88 Å². The van der Waals surface area contributed by atoms with Crippen LogP contribution in [0.1, 0.15) is 6.92 Å². The first kappa shape index (κ1) is 14.6. The average molecular weight is 275 g/mol. The van der Waals surface area contributed by atoms with Crippen LogP contribution in [0.25, 0.3) is 0 Å². The van der Waals surface area contributed by atoms with Crippen molar-refractivity contribution in [3.8, 4) is 0 Å². The molecule has 0 saturated carbocycles. The number of carbonyl (C=O) groups excluding carboxylic acids is 2. The number of carboxylic acid groups (broad SMARTS) is 1. The molecule has 1 heterocycles. The Kier molecular flexibility index (Phi) is 4.83. The predicted octanol–water partition coefficient (Wildman–Crippen LogP) is -0.368. The molecule has 2 atom stereocenters. The number of carbonyl (C=O) groups is 3. The molecule has 18 heavy (non-hydrogen) atoms. The lowest BCUT2D eigenvalue weighted by Gasteiger charge is -2.24. The monoisotopic (exact) mass is 275 g/mol. The number of nitrogens with one attached hydrogen (secondary N) is 1. The van der Waals surface area contributed by atoms with Gasteiger partial charge in [0.2, 0.25) is 5.91 Å². The molecule has 1 aliphatic heterocycles. The van der Waals surface area contributed by atoms with Crippen molar-refractivity contribution in [1.82, 2.24) is 15.1 Å². The zero-order chi connectivity index (χ0) is 13.9. The Morgan fingerprint density at radius 3 is 2.56 bits per heavy atom. The summed E-state index contributed by atoms with van der Waals surface area (Å²) in [5, 5.41) is 11.5. The largest absolute Gasteiger partial charge is 0.480 e. The smallest absolute Gasteiger partial charge is 0.327 e. The lowest BCUT2D eigenvalue weighted by molar-refractivity contribution is -0.140. The van der Waals surface area contributed by atoms with Gasteiger partial charge in [0, 0.05) is 19.8 Å². The van der Waals surface area contributed by atoms with Crippen LogP contribution in [-0.4, -0.2) is 70.6 Å². The lowest BCUT2D eigenvalue weighted by Crippen LogP contribution is -2.52. The van der Waals surface area contributed by atoms with Gasteiger partial charge in [-0.05, 0) is 6.92 Å². The van der Waals surface area contributed by atoms with Gasteiger partial charge in [0.15, 0.2) is 0 Å². The summed E-state index contributed by atoms with van der Waals surface area (Å²) in [6.07, 6.45) is 0. The van der Waals surface area contributed by atoms with Gasteiger partial charge in [-0.3, -0.25) is 4.79 Å². The maximum Gasteiger partial charge on any atom is 0.327 e. The van der Waals surface area contributed by atoms with E-state index < -0.39 is 24.1 Å². The number of thioether (sulfide) groups is 1. The van der Waals surface area contributed by atoms with Gasteiger partial charge in [-0.15, -0.1) is 11.8 Å². The fraction of sp³-hybridized carbons (Fsp3) is 0.700. The minimum absolute atomic E-state index is 0.234. The fourth-order valence-electron chi connectivity index (χ4n) is 1.56. The number of hydrogen-bond donors (Lipinski definition) is 2. The molecule has 0 aliphatic carbocycles. The third kappa shape index (κ3) is 3.28. The maximum atomic E-state index is 11.9. The van der Waals surface area contributed by atoms with Crippen LogP contribution >= 0.6 is 11.8 Å². The number of carboxylic acids is 1. The molecule has 1 unspecified atom stereocenters. The molecule has 0 aromatic rings. The number of nitrogens with zero attached hydrogens (tertiary/aromatic N) is 2. The second kappa shape index (κ2) is 5.94. The molecule has 1 fully saturated rings. The van der Waals surface area contributed by atoms with Gasteiger partial charge in [-0.1, -0.05) is 0 Å².